The molecule has 3 aromatic carbocycles. The Morgan fingerprint density at radius 3 is 2.66 bits per heavy atom. The van der Waals surface area contributed by atoms with Gasteiger partial charge in [0.2, 0.25) is 5.75 Å². The molecule has 0 bridgehead atoms. The standard InChI is InChI=1S/C29H25BrFN5O5/c30-21-14-18(15-25(36(39)40)27(21)41-17-26(37)33-24-13-7-5-11-22(24)31)16-32-35-28(19-8-2-1-3-9-19)34-23-12-6-4-10-20(23)29(35)38/h4-7,10-16,19H,1-3,8-9,17H2,(H,33,37). The average Bonchev–Trinajstić information content (AvgIpc) is 2.97. The van der Waals surface area contributed by atoms with E-state index in [0.717, 1.165) is 32.1 Å². The van der Waals surface area contributed by atoms with Gasteiger partial charge in [-0.2, -0.15) is 9.78 Å². The number of halogens is 2. The number of nitrogens with zero attached hydrogens (tertiary/aromatic N) is 4. The molecule has 0 unspecified atom stereocenters. The summed E-state index contributed by atoms with van der Waals surface area (Å²) < 4.78 is 20.8. The highest BCUT2D eigenvalue weighted by Gasteiger charge is 2.24. The van der Waals surface area contributed by atoms with Crippen LogP contribution in [0.15, 0.2) is 75.0 Å². The number of para-hydroxylation sites is 2. The molecule has 0 atom stereocenters. The van der Waals surface area contributed by atoms with Crippen molar-refractivity contribution in [3.05, 3.63) is 103 Å². The Morgan fingerprint density at radius 1 is 1.17 bits per heavy atom. The quantitative estimate of drug-likeness (QED) is 0.143. The lowest BCUT2D eigenvalue weighted by atomic mass is 9.88. The molecule has 1 aliphatic carbocycles. The van der Waals surface area contributed by atoms with Gasteiger partial charge >= 0.3 is 5.69 Å². The van der Waals surface area contributed by atoms with Gasteiger partial charge in [0.05, 0.1) is 32.2 Å². The first-order valence-corrected chi connectivity index (χ1v) is 13.8. The predicted molar refractivity (Wildman–Crippen MR) is 156 cm³/mol. The van der Waals surface area contributed by atoms with Crippen LogP contribution >= 0.6 is 15.9 Å². The van der Waals surface area contributed by atoms with E-state index in [1.54, 1.807) is 24.3 Å². The highest BCUT2D eigenvalue weighted by atomic mass is 79.9. The second-order valence-electron chi connectivity index (χ2n) is 9.61. The van der Waals surface area contributed by atoms with Crippen LogP contribution < -0.4 is 15.6 Å². The number of hydrogen-bond acceptors (Lipinski definition) is 7. The van der Waals surface area contributed by atoms with Crippen LogP contribution in [-0.4, -0.2) is 33.3 Å². The molecule has 0 spiro atoms. The van der Waals surface area contributed by atoms with Crippen molar-refractivity contribution in [1.82, 2.24) is 9.66 Å². The molecule has 12 heteroatoms. The summed E-state index contributed by atoms with van der Waals surface area (Å²) in [6.07, 6.45) is 6.36. The second-order valence-corrected chi connectivity index (χ2v) is 10.5. The molecule has 1 aliphatic rings. The summed E-state index contributed by atoms with van der Waals surface area (Å²) in [7, 11) is 0. The molecule has 1 fully saturated rings. The third-order valence-corrected chi connectivity index (χ3v) is 7.40. The SMILES string of the molecule is O=C(COc1c(Br)cc(C=Nn2c(C3CCCCC3)nc3ccccc3c2=O)cc1[N+](=O)[O-])Nc1ccccc1F. The van der Waals surface area contributed by atoms with Crippen molar-refractivity contribution in [1.29, 1.82) is 0 Å². The van der Waals surface area contributed by atoms with Crippen LogP contribution in [-0.2, 0) is 4.79 Å². The average molecular weight is 622 g/mol. The zero-order valence-electron chi connectivity index (χ0n) is 21.8. The van der Waals surface area contributed by atoms with Gasteiger partial charge in [-0.25, -0.2) is 9.37 Å². The third-order valence-electron chi connectivity index (χ3n) is 6.81. The number of carbonyl (C=O) groups excluding carboxylic acids is 1. The van der Waals surface area contributed by atoms with Gasteiger partial charge in [-0.1, -0.05) is 43.5 Å². The van der Waals surface area contributed by atoms with Crippen molar-refractivity contribution in [3.63, 3.8) is 0 Å². The van der Waals surface area contributed by atoms with Crippen LogP contribution in [0, 0.1) is 15.9 Å². The van der Waals surface area contributed by atoms with Crippen LogP contribution in [0.3, 0.4) is 0 Å². The Labute approximate surface area is 242 Å². The number of hydrogen-bond donors (Lipinski definition) is 1. The normalized spacial score (nSPS) is 13.9. The molecule has 41 heavy (non-hydrogen) atoms. The second kappa shape index (κ2) is 12.4. The number of aromatic nitrogens is 2. The van der Waals surface area contributed by atoms with Crippen molar-refractivity contribution in [2.45, 2.75) is 38.0 Å². The fraction of sp³-hybridized carbons (Fsp3) is 0.241. The number of fused-ring (bicyclic) bond motifs is 1. The maximum absolute atomic E-state index is 13.8. The minimum absolute atomic E-state index is 0.0350. The molecular weight excluding hydrogens is 597 g/mol. The van der Waals surface area contributed by atoms with Gasteiger partial charge in [-0.05, 0) is 59.1 Å². The number of nitro groups is 1. The smallest absolute Gasteiger partial charge is 0.312 e. The van der Waals surface area contributed by atoms with E-state index in [1.165, 1.54) is 41.2 Å². The van der Waals surface area contributed by atoms with E-state index in [4.69, 9.17) is 9.72 Å². The van der Waals surface area contributed by atoms with E-state index in [9.17, 15) is 24.1 Å². The molecule has 0 radical (unpaired) electrons. The van der Waals surface area contributed by atoms with Crippen LogP contribution in [0.2, 0.25) is 0 Å². The highest BCUT2D eigenvalue weighted by Crippen LogP contribution is 2.36. The van der Waals surface area contributed by atoms with E-state index in [0.29, 0.717) is 22.3 Å². The molecule has 0 saturated heterocycles. The number of nitro benzene ring substituents is 1. The lowest BCUT2D eigenvalue weighted by Crippen LogP contribution is -2.25. The monoisotopic (exact) mass is 621 g/mol. The van der Waals surface area contributed by atoms with Crippen LogP contribution in [0.1, 0.15) is 49.4 Å². The van der Waals surface area contributed by atoms with Gasteiger partial charge in [0.25, 0.3) is 11.5 Å². The summed E-state index contributed by atoms with van der Waals surface area (Å²) in [4.78, 5) is 41.7. The van der Waals surface area contributed by atoms with Gasteiger partial charge < -0.3 is 10.1 Å². The van der Waals surface area contributed by atoms with Crippen LogP contribution in [0.25, 0.3) is 10.9 Å². The molecule has 1 saturated carbocycles. The largest absolute Gasteiger partial charge is 0.476 e. The van der Waals surface area contributed by atoms with Gasteiger partial charge in [0.1, 0.15) is 11.6 Å². The number of ether oxygens (including phenoxy) is 1. The lowest BCUT2D eigenvalue weighted by Gasteiger charge is -2.22. The molecule has 1 N–H and O–H groups in total. The topological polar surface area (TPSA) is 129 Å². The third kappa shape index (κ3) is 6.32. The maximum Gasteiger partial charge on any atom is 0.312 e. The maximum atomic E-state index is 13.8. The Kier molecular flexibility index (Phi) is 8.48. The molecule has 1 aromatic heterocycles. The summed E-state index contributed by atoms with van der Waals surface area (Å²) in [5.74, 6) is -0.850. The number of carbonyl (C=O) groups is 1. The highest BCUT2D eigenvalue weighted by molar-refractivity contribution is 9.10. The van der Waals surface area contributed by atoms with Crippen LogP contribution in [0.5, 0.6) is 5.75 Å². The lowest BCUT2D eigenvalue weighted by molar-refractivity contribution is -0.385. The van der Waals surface area contributed by atoms with Gasteiger partial charge in [0.15, 0.2) is 6.61 Å². The van der Waals surface area contributed by atoms with Crippen molar-refractivity contribution >= 4 is 50.3 Å². The van der Waals surface area contributed by atoms with Crippen molar-refractivity contribution in [2.24, 2.45) is 5.10 Å². The van der Waals surface area contributed by atoms with Crippen molar-refractivity contribution in [3.8, 4) is 5.75 Å². The summed E-state index contributed by atoms with van der Waals surface area (Å²) in [5, 5.41) is 19.1. The first-order valence-electron chi connectivity index (χ1n) is 13.0. The minimum Gasteiger partial charge on any atom is -0.476 e. The van der Waals surface area contributed by atoms with E-state index in [2.05, 4.69) is 26.3 Å². The van der Waals surface area contributed by atoms with E-state index >= 15 is 0 Å². The number of benzene rings is 3. The Morgan fingerprint density at radius 2 is 1.90 bits per heavy atom. The first kappa shape index (κ1) is 28.1. The molecule has 210 valence electrons. The minimum atomic E-state index is -0.694. The number of amides is 1. The van der Waals surface area contributed by atoms with Crippen molar-refractivity contribution in [2.75, 3.05) is 11.9 Å². The summed E-state index contributed by atoms with van der Waals surface area (Å²) in [6, 6.07) is 15.5. The van der Waals surface area contributed by atoms with Gasteiger partial charge in [-0.15, -0.1) is 0 Å². The Hall–Kier alpha value is -4.45. The molecule has 0 aliphatic heterocycles. The fourth-order valence-electron chi connectivity index (χ4n) is 4.84. The van der Waals surface area contributed by atoms with E-state index < -0.39 is 28.9 Å². The summed E-state index contributed by atoms with van der Waals surface area (Å²) >= 11 is 3.28. The van der Waals surface area contributed by atoms with Crippen LogP contribution in [0.4, 0.5) is 15.8 Å². The molecular formula is C29H25BrFN5O5. The van der Waals surface area contributed by atoms with Gasteiger partial charge in [-0.3, -0.25) is 19.7 Å². The number of nitrogens with one attached hydrogen (secondary N) is 1. The fourth-order valence-corrected chi connectivity index (χ4v) is 5.42. The molecule has 10 nitrogen and oxygen atoms in total. The van der Waals surface area contributed by atoms with E-state index in [1.807, 2.05) is 6.07 Å². The van der Waals surface area contributed by atoms with E-state index in [-0.39, 0.29) is 27.4 Å². The molecule has 4 aromatic rings. The Balaban J connectivity index is 1.43. The van der Waals surface area contributed by atoms with Crippen molar-refractivity contribution < 1.29 is 18.8 Å². The zero-order valence-corrected chi connectivity index (χ0v) is 23.3. The molecule has 1 amide bonds. The number of anilines is 1. The first-order chi connectivity index (χ1) is 19.8. The zero-order chi connectivity index (χ0) is 28.9. The number of rotatable bonds is 8. The van der Waals surface area contributed by atoms with Gasteiger partial charge in [0, 0.05) is 17.5 Å². The molecule has 1 heterocycles. The summed E-state index contributed by atoms with van der Waals surface area (Å²) in [6.45, 7) is -0.593. The predicted octanol–water partition coefficient (Wildman–Crippen LogP) is 6.15. The molecule has 5 rings (SSSR count). The Bertz CT molecular complexity index is 1720. The summed E-state index contributed by atoms with van der Waals surface area (Å²) in [5.41, 5.74) is 0.148.